The zero-order valence-electron chi connectivity index (χ0n) is 81.4. The summed E-state index contributed by atoms with van der Waals surface area (Å²) < 4.78 is 48.6. The molecule has 47 nitrogen and oxygen atoms in total. The Kier molecular flexibility index (Phi) is 38.6. The highest BCUT2D eigenvalue weighted by atomic mass is 35.5. The van der Waals surface area contributed by atoms with Crippen LogP contribution in [0.15, 0.2) is 99.2 Å². The molecule has 0 saturated heterocycles. The van der Waals surface area contributed by atoms with Crippen LogP contribution >= 0.6 is 116 Å². The van der Waals surface area contributed by atoms with E-state index < -0.39 is 17.2 Å². The average Bonchev–Trinajstić information content (AvgIpc) is 1.23. The van der Waals surface area contributed by atoms with E-state index in [-0.39, 0.29) is 136 Å². The van der Waals surface area contributed by atoms with Gasteiger partial charge in [0.15, 0.2) is 17.5 Å². The summed E-state index contributed by atoms with van der Waals surface area (Å²) >= 11 is 62.5. The molecule has 0 aliphatic carbocycles. The summed E-state index contributed by atoms with van der Waals surface area (Å²) in [5.41, 5.74) is 28.3. The highest BCUT2D eigenvalue weighted by Gasteiger charge is 2.41. The van der Waals surface area contributed by atoms with Crippen LogP contribution in [0.25, 0.3) is 0 Å². The molecular formula is C88H101Cl10N33O14. The number of hydrogen-bond donors (Lipinski definition) is 8. The maximum absolute atomic E-state index is 13.4. The van der Waals surface area contributed by atoms with Crippen molar-refractivity contribution in [3.05, 3.63) is 167 Å². The summed E-state index contributed by atoms with van der Waals surface area (Å²) in [6.07, 6.45) is 15.1. The second kappa shape index (κ2) is 49.7. The molecule has 8 aromatic heterocycles. The minimum Gasteiger partial charge on any atom is -0.495 e. The molecule has 9 amide bonds. The number of aryl methyl sites for hydroxylation is 4. The molecule has 4 aliphatic rings. The first-order valence-electron chi connectivity index (χ1n) is 42.5. The molecule has 0 unspecified atom stereocenters. The van der Waals surface area contributed by atoms with Crippen molar-refractivity contribution in [2.24, 2.45) is 28.2 Å². The number of nitrogens with two attached hydrogens (primary N) is 4. The second-order valence-corrected chi connectivity index (χ2v) is 34.2. The van der Waals surface area contributed by atoms with E-state index in [4.69, 9.17) is 177 Å². The molecular weight excluding hydrogens is 2100 g/mol. The summed E-state index contributed by atoms with van der Waals surface area (Å²) in [6, 6.07) is 4.66. The van der Waals surface area contributed by atoms with Gasteiger partial charge >= 0.3 is 24.1 Å². The van der Waals surface area contributed by atoms with Gasteiger partial charge in [-0.15, -0.1) is 0 Å². The Hall–Kier alpha value is -14.4. The first kappa shape index (κ1) is 113. The van der Waals surface area contributed by atoms with Crippen LogP contribution in [0.4, 0.5) is 129 Å². The monoisotopic (exact) mass is 2190 g/mol. The summed E-state index contributed by atoms with van der Waals surface area (Å²) in [5, 5.41) is 28.8. The van der Waals surface area contributed by atoms with E-state index in [0.29, 0.717) is 132 Å². The van der Waals surface area contributed by atoms with E-state index in [0.717, 1.165) is 12.2 Å². The summed E-state index contributed by atoms with van der Waals surface area (Å²) in [6.45, 7) is 17.2. The van der Waals surface area contributed by atoms with Crippen molar-refractivity contribution < 1.29 is 66.7 Å². The largest absolute Gasteiger partial charge is 0.495 e. The fourth-order valence-corrected chi connectivity index (χ4v) is 17.0. The number of nitrogens with zero attached hydrogens (tertiary/aromatic N) is 25. The Morgan fingerprint density at radius 2 is 0.683 bits per heavy atom. The van der Waals surface area contributed by atoms with Gasteiger partial charge in [-0.3, -0.25) is 67.5 Å². The van der Waals surface area contributed by atoms with Crippen molar-refractivity contribution in [2.75, 3.05) is 188 Å². The number of anilines is 19. The molecule has 4 aliphatic heterocycles. The van der Waals surface area contributed by atoms with Gasteiger partial charge < -0.3 is 87.0 Å². The van der Waals surface area contributed by atoms with Gasteiger partial charge in [-0.1, -0.05) is 127 Å². The lowest BCUT2D eigenvalue weighted by Gasteiger charge is -2.35. The molecule has 4 aromatic carbocycles. The topological polar surface area (TPSA) is 532 Å². The number of rotatable bonds is 24. The number of halogens is 10. The lowest BCUT2D eigenvalue weighted by Crippen LogP contribution is -2.46. The number of amides is 9. The Labute approximate surface area is 881 Å². The number of fused-ring (bicyclic) bond motifs is 4. The molecule has 0 radical (unpaired) electrons. The van der Waals surface area contributed by atoms with Crippen LogP contribution in [0.3, 0.4) is 0 Å². The number of ether oxygens (including phenoxy) is 8. The molecule has 0 atom stereocenters. The summed E-state index contributed by atoms with van der Waals surface area (Å²) in [4.78, 5) is 122. The van der Waals surface area contributed by atoms with E-state index in [1.54, 1.807) is 140 Å². The van der Waals surface area contributed by atoms with E-state index >= 15 is 0 Å². The second-order valence-electron chi connectivity index (χ2n) is 30.4. The smallest absolute Gasteiger partial charge is 0.330 e. The molecule has 772 valence electrons. The normalized spacial score (nSPS) is 12.6. The molecule has 12 N–H and O–H groups in total. The highest BCUT2D eigenvalue weighted by molar-refractivity contribution is 6.66. The van der Waals surface area contributed by atoms with E-state index in [1.165, 1.54) is 125 Å². The van der Waals surface area contributed by atoms with Crippen molar-refractivity contribution in [2.45, 2.75) is 47.0 Å². The number of nitrogen functional groups attached to an aromatic ring is 4. The SMILES string of the molecule is C=CC(=O)Cl.C=CC(=O)Nc1nn(C)cc1Nc1ncc2c(n1)N(C)C(=O)N(c1c(Cl)c(OC)cc(OC)c1Cl)C2.CCN(CC)CC.COc1cc(OC)c(Cl)c(N2Cc3cnc(Cl)nc3N(C)C2=O)c1Cl.COc1cc(OC)c(Cl)c(N2Cc3cnc(Nc4cn(C)nc4N)nc3N(C)C2=O)c1Cl.COc1cc(OC)c(Cl)c(N2Cc3cnc(Nc4cnn(C)c4N)nc3N(C)C2=O)c1Cl.Cn1cc(N)c(N)n1. The van der Waals surface area contributed by atoms with Gasteiger partial charge in [0.1, 0.15) is 132 Å². The Morgan fingerprint density at radius 3 is 0.931 bits per heavy atom. The van der Waals surface area contributed by atoms with Crippen molar-refractivity contribution in [1.82, 2.24) is 83.9 Å². The van der Waals surface area contributed by atoms with Crippen LogP contribution < -0.4 is 121 Å². The van der Waals surface area contributed by atoms with Crippen LogP contribution in [0.1, 0.15) is 43.0 Å². The van der Waals surface area contributed by atoms with E-state index in [2.05, 4.69) is 120 Å². The molecule has 12 aromatic rings. The maximum atomic E-state index is 13.4. The van der Waals surface area contributed by atoms with Crippen LogP contribution in [0.5, 0.6) is 46.0 Å². The predicted molar refractivity (Wildman–Crippen MR) is 565 cm³/mol. The third-order valence-corrected chi connectivity index (χ3v) is 24.8. The van der Waals surface area contributed by atoms with Crippen molar-refractivity contribution in [3.8, 4) is 46.0 Å². The third kappa shape index (κ3) is 25.3. The van der Waals surface area contributed by atoms with Crippen molar-refractivity contribution >= 4 is 261 Å². The van der Waals surface area contributed by atoms with Crippen LogP contribution in [-0.4, -0.2) is 224 Å². The quantitative estimate of drug-likeness (QED) is 0.0158. The lowest BCUT2D eigenvalue weighted by atomic mass is 10.2. The summed E-state index contributed by atoms with van der Waals surface area (Å²) in [5.74, 6) is 6.03. The number of carbonyl (C=O) groups is 6. The van der Waals surface area contributed by atoms with Gasteiger partial charge in [-0.25, -0.2) is 39.1 Å². The molecule has 0 spiro atoms. The molecule has 16 rings (SSSR count). The predicted octanol–water partition coefficient (Wildman–Crippen LogP) is 16.8. The van der Waals surface area contributed by atoms with Gasteiger partial charge in [-0.05, 0) is 55.0 Å². The Balaban J connectivity index is 0.000000187. The number of carbonyl (C=O) groups excluding carboxylic acids is 6. The molecule has 0 saturated carbocycles. The number of nitrogens with one attached hydrogen (secondary N) is 4. The average molecular weight is 2200 g/mol. The fourth-order valence-electron chi connectivity index (χ4n) is 14.1. The number of methoxy groups -OCH3 is 8. The Bertz CT molecular complexity index is 6570. The van der Waals surface area contributed by atoms with Crippen molar-refractivity contribution in [1.29, 1.82) is 0 Å². The molecule has 12 heterocycles. The first-order valence-corrected chi connectivity index (χ1v) is 46.3. The van der Waals surface area contributed by atoms with E-state index in [1.807, 2.05) is 0 Å². The van der Waals surface area contributed by atoms with Gasteiger partial charge in [0.2, 0.25) is 34.3 Å². The number of benzene rings is 4. The van der Waals surface area contributed by atoms with Crippen LogP contribution in [-0.2, 0) is 64.0 Å². The lowest BCUT2D eigenvalue weighted by molar-refractivity contribution is -0.112. The van der Waals surface area contributed by atoms with Crippen molar-refractivity contribution in [3.63, 3.8) is 0 Å². The minimum atomic E-state index is -0.509. The Morgan fingerprint density at radius 1 is 0.400 bits per heavy atom. The van der Waals surface area contributed by atoms with Crippen LogP contribution in [0, 0.1) is 0 Å². The van der Waals surface area contributed by atoms with Gasteiger partial charge in [0.25, 0.3) is 0 Å². The zero-order chi connectivity index (χ0) is 107. The third-order valence-electron chi connectivity index (χ3n) is 21.5. The molecule has 0 fully saturated rings. The highest BCUT2D eigenvalue weighted by Crippen LogP contribution is 2.53. The first-order chi connectivity index (χ1) is 68.9. The van der Waals surface area contributed by atoms with Crippen LogP contribution in [0.2, 0.25) is 45.5 Å². The number of hydrogen-bond acceptors (Lipinski definition) is 34. The van der Waals surface area contributed by atoms with E-state index in [9.17, 15) is 28.8 Å². The maximum Gasteiger partial charge on any atom is 0.330 e. The zero-order valence-corrected chi connectivity index (χ0v) is 89.0. The fraction of sp³-hybridized carbons (Fsp3) is 0.295. The number of aromatic nitrogens is 16. The van der Waals surface area contributed by atoms with Gasteiger partial charge in [-0.2, -0.15) is 40.3 Å². The van der Waals surface area contributed by atoms with Gasteiger partial charge in [0, 0.05) is 134 Å². The minimum absolute atomic E-state index is 0.0611. The number of urea groups is 4. The van der Waals surface area contributed by atoms with Gasteiger partial charge in [0.05, 0.1) is 130 Å². The number of allylic oxidation sites excluding steroid dienone is 1. The standard InChI is InChI=1S/C22H22Cl2N8O4.2C19H20Cl2N8O3.C15H13Cl3N4O3.C6H15N.C4H8N4.C3H3ClO/c1-6-15(33)27-19-12(10-30(2)29-19)26-21-25-8-11-9-32(22(34)31(3)20(11)28-21)18-16(23)13(35-4)7-14(36-5)17(18)24;1-27-17-9(6-23-18(26-17)25-10-7-24-28(2)16(10)22)8-29(19(27)30)15-13(20)11(31-3)5-12(32-4)14(15)21;1-27-8-10(16(22)26-27)24-18-23-6-9-7-29(19(30)28(2)17(9)25-18)15-13(20)11(31-3)5-12(32-4)14(15)21;1-21-13-7(5-19-14(18)20-13)6-22(15(21)23)12-10(16)8(24-2)4-9(25-3)11(12)17;1-4-7(5-2)6-3;1-8-2-3(5)4(6)7-8;1-2-3(4)5/h6-8,10H,1,9H2,2-5H3,(H,25,26,28)(H,27,29,33);5-7H,8,22H2,1-4H3,(H,23,25,26);5-6,8H,7H2,1-4H3,(H2,22,26)(H,23,24,25);4-5H,6H2,1-3H3;4-6H2,1-3H3;2H,5H2,1H3,(H2,6,7);2H,1H2. The molecule has 0 bridgehead atoms. The summed E-state index contributed by atoms with van der Waals surface area (Å²) in [7, 11) is 25.0. The molecule has 145 heavy (non-hydrogen) atoms. The molecule has 57 heteroatoms.